The van der Waals surface area contributed by atoms with Crippen molar-refractivity contribution in [1.82, 2.24) is 0 Å². The third-order valence-corrected chi connectivity index (χ3v) is 2.83. The Morgan fingerprint density at radius 3 is 1.90 bits per heavy atom. The maximum Gasteiger partial charge on any atom is 0.407 e. The molecule has 0 radical (unpaired) electrons. The van der Waals surface area contributed by atoms with E-state index in [-0.39, 0.29) is 22.6 Å². The lowest BCUT2D eigenvalue weighted by Gasteiger charge is -2.15. The zero-order chi connectivity index (χ0) is 16.2. The molecule has 0 bridgehead atoms. The number of nitrogens with zero attached hydrogens (tertiary/aromatic N) is 1. The molecule has 0 atom stereocenters. The van der Waals surface area contributed by atoms with Gasteiger partial charge in [0, 0.05) is 17.7 Å². The average Bonchev–Trinajstić information content (AvgIpc) is 2.44. The van der Waals surface area contributed by atoms with Gasteiger partial charge in [-0.25, -0.2) is 4.79 Å². The summed E-state index contributed by atoms with van der Waals surface area (Å²) in [4.78, 5) is 21.1. The first-order valence-corrected chi connectivity index (χ1v) is 5.76. The first-order chi connectivity index (χ1) is 9.87. The summed E-state index contributed by atoms with van der Waals surface area (Å²) in [6.45, 7) is 1.32. The summed E-state index contributed by atoms with van der Waals surface area (Å²) in [5.74, 6) is -0.802. The lowest BCUT2D eigenvalue weighted by Crippen LogP contribution is -2.13. The van der Waals surface area contributed by atoms with Crippen LogP contribution in [0.4, 0.5) is 0 Å². The fourth-order valence-electron chi connectivity index (χ4n) is 1.87. The van der Waals surface area contributed by atoms with Gasteiger partial charge in [0.25, 0.3) is 0 Å². The molecule has 114 valence electrons. The van der Waals surface area contributed by atoms with E-state index in [1.807, 2.05) is 0 Å². The van der Waals surface area contributed by atoms with E-state index in [9.17, 15) is 14.9 Å². The van der Waals surface area contributed by atoms with Gasteiger partial charge in [0.2, 0.25) is 0 Å². The van der Waals surface area contributed by atoms with Gasteiger partial charge in [0.15, 0.2) is 0 Å². The second-order valence-electron chi connectivity index (χ2n) is 3.94. The first-order valence-electron chi connectivity index (χ1n) is 5.76. The number of carbonyl (C=O) groups is 1. The van der Waals surface area contributed by atoms with Crippen molar-refractivity contribution in [3.8, 4) is 17.2 Å². The predicted molar refractivity (Wildman–Crippen MR) is 73.3 cm³/mol. The quantitative estimate of drug-likeness (QED) is 0.484. The number of benzene rings is 1. The third kappa shape index (κ3) is 3.22. The van der Waals surface area contributed by atoms with Gasteiger partial charge < -0.3 is 19.3 Å². The number of aliphatic carboxylic acids is 1. The maximum atomic E-state index is 11.1. The number of carboxylic acid groups (broad SMARTS) is 1. The van der Waals surface area contributed by atoms with Crippen molar-refractivity contribution in [2.24, 2.45) is 0 Å². The van der Waals surface area contributed by atoms with Crippen LogP contribution in [0.2, 0.25) is 0 Å². The molecule has 0 fully saturated rings. The number of allylic oxidation sites excluding steroid dienone is 1. The molecule has 1 rings (SSSR count). The van der Waals surface area contributed by atoms with Crippen molar-refractivity contribution in [2.45, 2.75) is 6.92 Å². The molecule has 0 aliphatic carbocycles. The van der Waals surface area contributed by atoms with Crippen LogP contribution in [0.3, 0.4) is 0 Å². The van der Waals surface area contributed by atoms with E-state index in [4.69, 9.17) is 19.3 Å². The highest BCUT2D eigenvalue weighted by molar-refractivity contribution is 5.95. The number of carboxylic acids is 1. The number of methoxy groups -OCH3 is 3. The van der Waals surface area contributed by atoms with Crippen molar-refractivity contribution in [3.05, 3.63) is 33.5 Å². The van der Waals surface area contributed by atoms with Crippen molar-refractivity contribution in [2.75, 3.05) is 21.3 Å². The molecule has 0 spiro atoms. The zero-order valence-corrected chi connectivity index (χ0v) is 12.0. The maximum absolute atomic E-state index is 11.1. The van der Waals surface area contributed by atoms with Crippen LogP contribution in [-0.2, 0) is 4.79 Å². The summed E-state index contributed by atoms with van der Waals surface area (Å²) in [5, 5.41) is 19.9. The smallest absolute Gasteiger partial charge is 0.407 e. The Labute approximate surface area is 120 Å². The Morgan fingerprint density at radius 1 is 1.14 bits per heavy atom. The van der Waals surface area contributed by atoms with Crippen molar-refractivity contribution in [1.29, 1.82) is 0 Å². The minimum atomic E-state index is -1.64. The van der Waals surface area contributed by atoms with Gasteiger partial charge in [-0.1, -0.05) is 0 Å². The minimum absolute atomic E-state index is 0.0798. The van der Waals surface area contributed by atoms with Gasteiger partial charge in [-0.2, -0.15) is 0 Å². The highest BCUT2D eigenvalue weighted by Gasteiger charge is 2.29. The van der Waals surface area contributed by atoms with Gasteiger partial charge in [-0.05, 0) is 6.92 Å². The molecule has 0 amide bonds. The normalized spacial score (nSPS) is 11.4. The SMILES string of the molecule is COc1cc(OC)c(/C(C)=C(/C(=O)O)[N+](=O)[O-])c(OC)c1. The van der Waals surface area contributed by atoms with Crippen LogP contribution in [0.25, 0.3) is 5.57 Å². The Hall–Kier alpha value is -2.77. The number of nitro groups is 1. The summed E-state index contributed by atoms with van der Waals surface area (Å²) < 4.78 is 15.4. The Morgan fingerprint density at radius 2 is 1.62 bits per heavy atom. The van der Waals surface area contributed by atoms with E-state index in [2.05, 4.69) is 0 Å². The molecule has 0 heterocycles. The van der Waals surface area contributed by atoms with Crippen LogP contribution in [0.5, 0.6) is 17.2 Å². The monoisotopic (exact) mass is 297 g/mol. The molecule has 8 heteroatoms. The Bertz CT molecular complexity index is 566. The topological polar surface area (TPSA) is 108 Å². The second kappa shape index (κ2) is 6.60. The molecule has 1 aromatic carbocycles. The molecule has 0 aromatic heterocycles. The molecular formula is C13H15NO7. The highest BCUT2D eigenvalue weighted by atomic mass is 16.6. The highest BCUT2D eigenvalue weighted by Crippen LogP contribution is 2.39. The van der Waals surface area contributed by atoms with E-state index >= 15 is 0 Å². The first kappa shape index (κ1) is 16.3. The van der Waals surface area contributed by atoms with Crippen LogP contribution >= 0.6 is 0 Å². The molecule has 8 nitrogen and oxygen atoms in total. The van der Waals surface area contributed by atoms with Gasteiger partial charge in [0.1, 0.15) is 17.2 Å². The van der Waals surface area contributed by atoms with Crippen LogP contribution in [-0.4, -0.2) is 37.3 Å². The molecule has 21 heavy (non-hydrogen) atoms. The standard InChI is InChI=1S/C13H15NO7/c1-7(12(13(15)16)14(17)18)11-9(20-3)5-8(19-2)6-10(11)21-4/h5-6H,1-4H3,(H,15,16)/b12-7-. The van der Waals surface area contributed by atoms with Crippen molar-refractivity contribution < 1.29 is 29.0 Å². The van der Waals surface area contributed by atoms with Crippen molar-refractivity contribution in [3.63, 3.8) is 0 Å². The van der Waals surface area contributed by atoms with Crippen molar-refractivity contribution >= 4 is 11.5 Å². The van der Waals surface area contributed by atoms with Crippen LogP contribution in [0.1, 0.15) is 12.5 Å². The average molecular weight is 297 g/mol. The minimum Gasteiger partial charge on any atom is -0.496 e. The molecule has 0 saturated carbocycles. The molecule has 0 aliphatic heterocycles. The lowest BCUT2D eigenvalue weighted by atomic mass is 10.0. The van der Waals surface area contributed by atoms with Gasteiger partial charge in [0.05, 0.1) is 31.8 Å². The molecule has 0 unspecified atom stereocenters. The van der Waals surface area contributed by atoms with Gasteiger partial charge >= 0.3 is 11.7 Å². The molecule has 0 aliphatic rings. The Balaban J connectivity index is 3.71. The molecule has 0 saturated heterocycles. The van der Waals surface area contributed by atoms with Crippen LogP contribution in [0, 0.1) is 10.1 Å². The molecule has 1 aromatic rings. The second-order valence-corrected chi connectivity index (χ2v) is 3.94. The zero-order valence-electron chi connectivity index (χ0n) is 12.0. The summed E-state index contributed by atoms with van der Waals surface area (Å²) in [6.07, 6.45) is 0. The van der Waals surface area contributed by atoms with E-state index < -0.39 is 16.6 Å². The number of rotatable bonds is 6. The molecular weight excluding hydrogens is 282 g/mol. The summed E-state index contributed by atoms with van der Waals surface area (Å²) in [6, 6.07) is 2.97. The fraction of sp³-hybridized carbons (Fsp3) is 0.308. The van der Waals surface area contributed by atoms with Gasteiger partial charge in [-0.3, -0.25) is 10.1 Å². The van der Waals surface area contributed by atoms with Crippen LogP contribution < -0.4 is 14.2 Å². The third-order valence-electron chi connectivity index (χ3n) is 2.83. The van der Waals surface area contributed by atoms with E-state index in [1.54, 1.807) is 0 Å². The number of hydrogen-bond donors (Lipinski definition) is 1. The lowest BCUT2D eigenvalue weighted by molar-refractivity contribution is -0.420. The predicted octanol–water partition coefficient (Wildman–Crippen LogP) is 1.80. The Kier molecular flexibility index (Phi) is 5.12. The largest absolute Gasteiger partial charge is 0.496 e. The molecule has 1 N–H and O–H groups in total. The number of ether oxygens (including phenoxy) is 3. The number of hydrogen-bond acceptors (Lipinski definition) is 6. The van der Waals surface area contributed by atoms with E-state index in [0.717, 1.165) is 0 Å². The summed E-state index contributed by atoms with van der Waals surface area (Å²) in [7, 11) is 4.16. The fourth-order valence-corrected chi connectivity index (χ4v) is 1.87. The van der Waals surface area contributed by atoms with E-state index in [1.165, 1.54) is 40.4 Å². The van der Waals surface area contributed by atoms with Gasteiger partial charge in [-0.15, -0.1) is 0 Å². The summed E-state index contributed by atoms with van der Waals surface area (Å²) in [5.41, 5.74) is -0.837. The van der Waals surface area contributed by atoms with E-state index in [0.29, 0.717) is 5.75 Å². The summed E-state index contributed by atoms with van der Waals surface area (Å²) >= 11 is 0. The van der Waals surface area contributed by atoms with Crippen LogP contribution in [0.15, 0.2) is 17.8 Å².